The maximum Gasteiger partial charge on any atom is 0.226 e. The molecule has 1 aliphatic heterocycles. The van der Waals surface area contributed by atoms with E-state index in [4.69, 9.17) is 4.74 Å². The Labute approximate surface area is 105 Å². The molecule has 1 fully saturated rings. The minimum absolute atomic E-state index is 0.0137. The van der Waals surface area contributed by atoms with Crippen molar-refractivity contribution in [2.75, 3.05) is 25.1 Å². The highest BCUT2D eigenvalue weighted by molar-refractivity contribution is 7.16. The number of hydrogen-bond acceptors (Lipinski definition) is 5. The van der Waals surface area contributed by atoms with Gasteiger partial charge in [0.05, 0.1) is 23.9 Å². The number of ether oxygens (including phenoxy) is 1. The number of hydrogen-bond donors (Lipinski definition) is 2. The predicted molar refractivity (Wildman–Crippen MR) is 67.4 cm³/mol. The lowest BCUT2D eigenvalue weighted by Gasteiger charge is -2.23. The quantitative estimate of drug-likeness (QED) is 0.848. The van der Waals surface area contributed by atoms with E-state index in [1.54, 1.807) is 0 Å². The summed E-state index contributed by atoms with van der Waals surface area (Å²) in [6, 6.07) is 0.123. The second kappa shape index (κ2) is 5.57. The van der Waals surface area contributed by atoms with Crippen LogP contribution in [0.2, 0.25) is 0 Å². The van der Waals surface area contributed by atoms with Crippen molar-refractivity contribution in [3.8, 4) is 0 Å². The average molecular weight is 255 g/mol. The van der Waals surface area contributed by atoms with Crippen LogP contribution < -0.4 is 10.6 Å². The van der Waals surface area contributed by atoms with Crippen LogP contribution in [0.3, 0.4) is 0 Å². The third-order valence-corrected chi connectivity index (χ3v) is 3.58. The fraction of sp³-hybridized carbons (Fsp3) is 0.636. The zero-order valence-corrected chi connectivity index (χ0v) is 10.9. The van der Waals surface area contributed by atoms with Crippen molar-refractivity contribution in [3.05, 3.63) is 10.7 Å². The molecular formula is C11H17N3O2S. The molecular weight excluding hydrogens is 238 g/mol. The molecule has 1 aromatic rings. The van der Waals surface area contributed by atoms with Gasteiger partial charge >= 0.3 is 0 Å². The van der Waals surface area contributed by atoms with Crippen molar-refractivity contribution >= 4 is 22.2 Å². The molecule has 1 amide bonds. The Kier molecular flexibility index (Phi) is 4.09. The maximum atomic E-state index is 11.8. The summed E-state index contributed by atoms with van der Waals surface area (Å²) in [6.07, 6.45) is 0.441. The zero-order chi connectivity index (χ0) is 12.3. The Bertz CT molecular complexity index is 399. The lowest BCUT2D eigenvalue weighted by Crippen LogP contribution is -2.43. The molecule has 0 bridgehead atoms. The summed E-state index contributed by atoms with van der Waals surface area (Å²) in [7, 11) is 0. The number of anilines is 1. The minimum Gasteiger partial charge on any atom is -0.378 e. The number of morpholine rings is 1. The first kappa shape index (κ1) is 12.5. The van der Waals surface area contributed by atoms with Crippen LogP contribution in [0.25, 0.3) is 0 Å². The third-order valence-electron chi connectivity index (χ3n) is 2.59. The van der Waals surface area contributed by atoms with E-state index in [-0.39, 0.29) is 11.9 Å². The third kappa shape index (κ3) is 3.49. The fourth-order valence-corrected chi connectivity index (χ4v) is 2.64. The van der Waals surface area contributed by atoms with Gasteiger partial charge in [-0.15, -0.1) is 11.3 Å². The number of rotatable bonds is 3. The number of carbonyl (C=O) groups is 1. The van der Waals surface area contributed by atoms with Crippen LogP contribution in [0, 0.1) is 13.8 Å². The molecule has 1 aliphatic rings. The second-order valence-electron chi connectivity index (χ2n) is 4.13. The van der Waals surface area contributed by atoms with Crippen LogP contribution in [0.15, 0.2) is 0 Å². The molecule has 1 atom stereocenters. The predicted octanol–water partition coefficient (Wildman–Crippen LogP) is 1.08. The molecule has 2 heterocycles. The molecule has 1 saturated heterocycles. The number of nitrogens with zero attached hydrogens (tertiary/aromatic N) is 1. The zero-order valence-electron chi connectivity index (χ0n) is 10.1. The average Bonchev–Trinajstić information content (AvgIpc) is 2.58. The molecule has 6 heteroatoms. The summed E-state index contributed by atoms with van der Waals surface area (Å²) < 4.78 is 5.31. The number of thiazole rings is 1. The fourth-order valence-electron chi connectivity index (χ4n) is 1.80. The van der Waals surface area contributed by atoms with Crippen molar-refractivity contribution in [1.29, 1.82) is 0 Å². The smallest absolute Gasteiger partial charge is 0.226 e. The number of aromatic nitrogens is 1. The summed E-state index contributed by atoms with van der Waals surface area (Å²) in [4.78, 5) is 16.1. The van der Waals surface area contributed by atoms with Crippen molar-refractivity contribution in [3.63, 3.8) is 0 Å². The van der Waals surface area contributed by atoms with Gasteiger partial charge in [-0.25, -0.2) is 4.98 Å². The SMILES string of the molecule is Cc1nc(C)c(NC(=O)CC2COCCN2)s1. The molecule has 2 rings (SSSR count). The lowest BCUT2D eigenvalue weighted by atomic mass is 10.2. The Morgan fingerprint density at radius 2 is 2.47 bits per heavy atom. The van der Waals surface area contributed by atoms with Gasteiger partial charge in [-0.3, -0.25) is 4.79 Å². The van der Waals surface area contributed by atoms with Crippen molar-refractivity contribution in [1.82, 2.24) is 10.3 Å². The summed E-state index contributed by atoms with van der Waals surface area (Å²) in [6.45, 7) is 5.99. The lowest BCUT2D eigenvalue weighted by molar-refractivity contribution is -0.117. The van der Waals surface area contributed by atoms with Crippen LogP contribution in [-0.2, 0) is 9.53 Å². The molecule has 0 aromatic carbocycles. The Morgan fingerprint density at radius 1 is 1.65 bits per heavy atom. The van der Waals surface area contributed by atoms with Crippen LogP contribution in [0.5, 0.6) is 0 Å². The standard InChI is InChI=1S/C11H17N3O2S/c1-7-11(17-8(2)13-7)14-10(15)5-9-6-16-4-3-12-9/h9,12H,3-6H2,1-2H3,(H,14,15). The molecule has 2 N–H and O–H groups in total. The first-order chi connectivity index (χ1) is 8.15. The van der Waals surface area contributed by atoms with Gasteiger partial charge in [-0.2, -0.15) is 0 Å². The molecule has 1 unspecified atom stereocenters. The normalized spacial score (nSPS) is 20.2. The van der Waals surface area contributed by atoms with Gasteiger partial charge in [-0.1, -0.05) is 0 Å². The van der Waals surface area contributed by atoms with E-state index in [1.807, 2.05) is 13.8 Å². The molecule has 5 nitrogen and oxygen atoms in total. The highest BCUT2D eigenvalue weighted by atomic mass is 32.1. The van der Waals surface area contributed by atoms with E-state index < -0.39 is 0 Å². The van der Waals surface area contributed by atoms with E-state index >= 15 is 0 Å². The van der Waals surface area contributed by atoms with Gasteiger partial charge < -0.3 is 15.4 Å². The van der Waals surface area contributed by atoms with E-state index in [2.05, 4.69) is 15.6 Å². The van der Waals surface area contributed by atoms with Gasteiger partial charge in [0.1, 0.15) is 5.00 Å². The van der Waals surface area contributed by atoms with Gasteiger partial charge in [0, 0.05) is 19.0 Å². The molecule has 0 spiro atoms. The molecule has 0 saturated carbocycles. The van der Waals surface area contributed by atoms with E-state index in [9.17, 15) is 4.79 Å². The summed E-state index contributed by atoms with van der Waals surface area (Å²) in [5.74, 6) is 0.0137. The maximum absolute atomic E-state index is 11.8. The van der Waals surface area contributed by atoms with E-state index in [1.165, 1.54) is 11.3 Å². The Morgan fingerprint density at radius 3 is 3.06 bits per heavy atom. The first-order valence-corrected chi connectivity index (χ1v) is 6.52. The molecule has 0 aliphatic carbocycles. The largest absolute Gasteiger partial charge is 0.378 e. The Hall–Kier alpha value is -0.980. The first-order valence-electron chi connectivity index (χ1n) is 5.70. The highest BCUT2D eigenvalue weighted by Crippen LogP contribution is 2.23. The molecule has 94 valence electrons. The van der Waals surface area contributed by atoms with Gasteiger partial charge in [0.15, 0.2) is 0 Å². The van der Waals surface area contributed by atoms with Crippen molar-refractivity contribution < 1.29 is 9.53 Å². The minimum atomic E-state index is 0.0137. The summed E-state index contributed by atoms with van der Waals surface area (Å²) in [5.41, 5.74) is 0.883. The van der Waals surface area contributed by atoms with Crippen LogP contribution >= 0.6 is 11.3 Å². The number of carbonyl (C=O) groups excluding carboxylic acids is 1. The summed E-state index contributed by atoms with van der Waals surface area (Å²) >= 11 is 1.51. The van der Waals surface area contributed by atoms with Crippen LogP contribution in [0.1, 0.15) is 17.1 Å². The molecule has 0 radical (unpaired) electrons. The number of aryl methyl sites for hydroxylation is 2. The van der Waals surface area contributed by atoms with Crippen molar-refractivity contribution in [2.45, 2.75) is 26.3 Å². The number of nitrogens with one attached hydrogen (secondary N) is 2. The monoisotopic (exact) mass is 255 g/mol. The van der Waals surface area contributed by atoms with Gasteiger partial charge in [0.2, 0.25) is 5.91 Å². The van der Waals surface area contributed by atoms with Crippen LogP contribution in [0.4, 0.5) is 5.00 Å². The summed E-state index contributed by atoms with van der Waals surface area (Å²) in [5, 5.41) is 7.98. The van der Waals surface area contributed by atoms with Gasteiger partial charge in [0.25, 0.3) is 0 Å². The Balaban J connectivity index is 1.86. The van der Waals surface area contributed by atoms with Crippen molar-refractivity contribution in [2.24, 2.45) is 0 Å². The van der Waals surface area contributed by atoms with E-state index in [0.717, 1.165) is 28.9 Å². The number of amides is 1. The molecule has 17 heavy (non-hydrogen) atoms. The van der Waals surface area contributed by atoms with Gasteiger partial charge in [-0.05, 0) is 13.8 Å². The van der Waals surface area contributed by atoms with E-state index in [0.29, 0.717) is 13.0 Å². The second-order valence-corrected chi connectivity index (χ2v) is 5.33. The topological polar surface area (TPSA) is 63.2 Å². The van der Waals surface area contributed by atoms with Crippen LogP contribution in [-0.4, -0.2) is 36.7 Å². The highest BCUT2D eigenvalue weighted by Gasteiger charge is 2.17. The molecule has 1 aromatic heterocycles.